The Labute approximate surface area is 83.0 Å². The van der Waals surface area contributed by atoms with E-state index in [4.69, 9.17) is 5.73 Å². The SMILES string of the molecule is CC(C)c1ccnc2ccc(N)nc12. The molecule has 0 spiro atoms. The van der Waals surface area contributed by atoms with Gasteiger partial charge in [0.05, 0.1) is 11.0 Å². The molecule has 0 aliphatic rings. The van der Waals surface area contributed by atoms with Gasteiger partial charge in [0.1, 0.15) is 5.82 Å². The van der Waals surface area contributed by atoms with Crippen molar-refractivity contribution in [1.82, 2.24) is 9.97 Å². The highest BCUT2D eigenvalue weighted by molar-refractivity contribution is 5.79. The molecule has 0 saturated carbocycles. The van der Waals surface area contributed by atoms with E-state index in [0.717, 1.165) is 11.0 Å². The summed E-state index contributed by atoms with van der Waals surface area (Å²) in [6, 6.07) is 5.68. The fourth-order valence-corrected chi connectivity index (χ4v) is 1.53. The summed E-state index contributed by atoms with van der Waals surface area (Å²) in [6.07, 6.45) is 1.82. The van der Waals surface area contributed by atoms with Crippen molar-refractivity contribution in [3.8, 4) is 0 Å². The van der Waals surface area contributed by atoms with E-state index < -0.39 is 0 Å². The minimum atomic E-state index is 0.440. The number of fused-ring (bicyclic) bond motifs is 1. The molecule has 0 amide bonds. The molecule has 2 aromatic heterocycles. The Bertz CT molecular complexity index is 463. The summed E-state index contributed by atoms with van der Waals surface area (Å²) in [5.41, 5.74) is 8.68. The van der Waals surface area contributed by atoms with E-state index in [-0.39, 0.29) is 0 Å². The van der Waals surface area contributed by atoms with Crippen molar-refractivity contribution in [3.63, 3.8) is 0 Å². The van der Waals surface area contributed by atoms with Crippen LogP contribution in [0.3, 0.4) is 0 Å². The number of pyridine rings is 2. The molecule has 0 aliphatic carbocycles. The summed E-state index contributed by atoms with van der Waals surface area (Å²) in [5.74, 6) is 0.988. The first-order valence-electron chi connectivity index (χ1n) is 4.69. The van der Waals surface area contributed by atoms with E-state index in [1.165, 1.54) is 5.56 Å². The molecule has 0 aliphatic heterocycles. The molecule has 0 aromatic carbocycles. The van der Waals surface area contributed by atoms with Gasteiger partial charge in [-0.15, -0.1) is 0 Å². The van der Waals surface area contributed by atoms with Crippen LogP contribution in [0.2, 0.25) is 0 Å². The molecule has 0 fully saturated rings. The lowest BCUT2D eigenvalue weighted by molar-refractivity contribution is 0.871. The van der Waals surface area contributed by atoms with Gasteiger partial charge in [0.15, 0.2) is 0 Å². The Kier molecular flexibility index (Phi) is 2.08. The van der Waals surface area contributed by atoms with Gasteiger partial charge < -0.3 is 5.73 Å². The molecule has 3 heteroatoms. The van der Waals surface area contributed by atoms with Crippen LogP contribution in [0.25, 0.3) is 11.0 Å². The molecule has 72 valence electrons. The van der Waals surface area contributed by atoms with Gasteiger partial charge in [-0.25, -0.2) is 4.98 Å². The molecule has 2 rings (SSSR count). The molecular weight excluding hydrogens is 174 g/mol. The quantitative estimate of drug-likeness (QED) is 0.745. The van der Waals surface area contributed by atoms with Crippen molar-refractivity contribution in [3.05, 3.63) is 30.0 Å². The van der Waals surface area contributed by atoms with Crippen LogP contribution in [0, 0.1) is 0 Å². The molecule has 2 aromatic rings. The Morgan fingerprint density at radius 2 is 2.00 bits per heavy atom. The lowest BCUT2D eigenvalue weighted by Crippen LogP contribution is -1.96. The van der Waals surface area contributed by atoms with Crippen molar-refractivity contribution < 1.29 is 0 Å². The first kappa shape index (κ1) is 8.94. The van der Waals surface area contributed by atoms with Crippen LogP contribution in [0.15, 0.2) is 24.4 Å². The van der Waals surface area contributed by atoms with Gasteiger partial charge in [-0.05, 0) is 29.7 Å². The van der Waals surface area contributed by atoms with Gasteiger partial charge in [0.25, 0.3) is 0 Å². The first-order valence-corrected chi connectivity index (χ1v) is 4.69. The monoisotopic (exact) mass is 187 g/mol. The Morgan fingerprint density at radius 3 is 2.71 bits per heavy atom. The highest BCUT2D eigenvalue weighted by Gasteiger charge is 2.06. The van der Waals surface area contributed by atoms with Crippen LogP contribution >= 0.6 is 0 Å². The highest BCUT2D eigenvalue weighted by atomic mass is 14.9. The zero-order chi connectivity index (χ0) is 10.1. The molecule has 3 nitrogen and oxygen atoms in total. The zero-order valence-corrected chi connectivity index (χ0v) is 8.36. The third kappa shape index (κ3) is 1.41. The largest absolute Gasteiger partial charge is 0.384 e. The summed E-state index contributed by atoms with van der Waals surface area (Å²) in [5, 5.41) is 0. The normalized spacial score (nSPS) is 11.1. The third-order valence-electron chi connectivity index (χ3n) is 2.26. The van der Waals surface area contributed by atoms with Crippen molar-refractivity contribution >= 4 is 16.9 Å². The number of nitrogens with two attached hydrogens (primary N) is 1. The van der Waals surface area contributed by atoms with E-state index in [2.05, 4.69) is 23.8 Å². The minimum absolute atomic E-state index is 0.440. The number of nitrogen functional groups attached to an aromatic ring is 1. The van der Waals surface area contributed by atoms with Crippen molar-refractivity contribution in [1.29, 1.82) is 0 Å². The first-order chi connectivity index (χ1) is 6.68. The lowest BCUT2D eigenvalue weighted by Gasteiger charge is -2.08. The molecule has 2 heterocycles. The second-order valence-corrected chi connectivity index (χ2v) is 3.66. The maximum atomic E-state index is 5.65. The smallest absolute Gasteiger partial charge is 0.124 e. The number of aromatic nitrogens is 2. The average Bonchev–Trinajstić information content (AvgIpc) is 2.16. The van der Waals surface area contributed by atoms with Gasteiger partial charge in [0, 0.05) is 6.20 Å². The van der Waals surface area contributed by atoms with E-state index in [1.807, 2.05) is 18.3 Å². The van der Waals surface area contributed by atoms with Crippen molar-refractivity contribution in [2.45, 2.75) is 19.8 Å². The van der Waals surface area contributed by atoms with Crippen LogP contribution in [0.5, 0.6) is 0 Å². The number of anilines is 1. The molecule has 0 bridgehead atoms. The predicted molar refractivity (Wildman–Crippen MR) is 58.0 cm³/mol. The molecule has 0 unspecified atom stereocenters. The van der Waals surface area contributed by atoms with E-state index in [9.17, 15) is 0 Å². The maximum Gasteiger partial charge on any atom is 0.124 e. The fourth-order valence-electron chi connectivity index (χ4n) is 1.53. The maximum absolute atomic E-state index is 5.65. The Morgan fingerprint density at radius 1 is 1.21 bits per heavy atom. The third-order valence-corrected chi connectivity index (χ3v) is 2.26. The topological polar surface area (TPSA) is 51.8 Å². The fraction of sp³-hybridized carbons (Fsp3) is 0.273. The molecule has 2 N–H and O–H groups in total. The van der Waals surface area contributed by atoms with Gasteiger partial charge in [-0.2, -0.15) is 0 Å². The number of hydrogen-bond donors (Lipinski definition) is 1. The Hall–Kier alpha value is -1.64. The predicted octanol–water partition coefficient (Wildman–Crippen LogP) is 2.34. The van der Waals surface area contributed by atoms with Crippen molar-refractivity contribution in [2.75, 3.05) is 5.73 Å². The second-order valence-electron chi connectivity index (χ2n) is 3.66. The average molecular weight is 187 g/mol. The standard InChI is InChI=1S/C11H13N3/c1-7(2)8-5-6-13-9-3-4-10(12)14-11(8)9/h3-7H,1-2H3,(H2,12,14). The summed E-state index contributed by atoms with van der Waals surface area (Å²) >= 11 is 0. The molecule has 14 heavy (non-hydrogen) atoms. The van der Waals surface area contributed by atoms with Crippen LogP contribution < -0.4 is 5.73 Å². The zero-order valence-electron chi connectivity index (χ0n) is 8.36. The summed E-state index contributed by atoms with van der Waals surface area (Å²) < 4.78 is 0. The van der Waals surface area contributed by atoms with Crippen LogP contribution in [0.4, 0.5) is 5.82 Å². The van der Waals surface area contributed by atoms with Gasteiger partial charge >= 0.3 is 0 Å². The highest BCUT2D eigenvalue weighted by Crippen LogP contribution is 2.22. The summed E-state index contributed by atoms with van der Waals surface area (Å²) in [6.45, 7) is 4.28. The Balaban J connectivity index is 2.77. The van der Waals surface area contributed by atoms with Crippen LogP contribution in [0.1, 0.15) is 25.3 Å². The summed E-state index contributed by atoms with van der Waals surface area (Å²) in [7, 11) is 0. The van der Waals surface area contributed by atoms with Gasteiger partial charge in [-0.3, -0.25) is 4.98 Å². The van der Waals surface area contributed by atoms with Gasteiger partial charge in [-0.1, -0.05) is 13.8 Å². The molecule has 0 atom stereocenters. The second kappa shape index (κ2) is 3.25. The minimum Gasteiger partial charge on any atom is -0.384 e. The molecular formula is C11H13N3. The molecule has 0 radical (unpaired) electrons. The van der Waals surface area contributed by atoms with E-state index >= 15 is 0 Å². The van der Waals surface area contributed by atoms with Crippen molar-refractivity contribution in [2.24, 2.45) is 0 Å². The summed E-state index contributed by atoms with van der Waals surface area (Å²) in [4.78, 5) is 8.56. The van der Waals surface area contributed by atoms with Gasteiger partial charge in [0.2, 0.25) is 0 Å². The number of rotatable bonds is 1. The number of hydrogen-bond acceptors (Lipinski definition) is 3. The van der Waals surface area contributed by atoms with Crippen LogP contribution in [-0.2, 0) is 0 Å². The molecule has 0 saturated heterocycles. The van der Waals surface area contributed by atoms with E-state index in [1.54, 1.807) is 6.07 Å². The van der Waals surface area contributed by atoms with E-state index in [0.29, 0.717) is 11.7 Å². The number of nitrogens with zero attached hydrogens (tertiary/aromatic N) is 2. The van der Waals surface area contributed by atoms with Crippen LogP contribution in [-0.4, -0.2) is 9.97 Å². The lowest BCUT2D eigenvalue weighted by atomic mass is 10.0.